The van der Waals surface area contributed by atoms with E-state index in [2.05, 4.69) is 32.4 Å². The minimum atomic E-state index is -4.72. The Morgan fingerprint density at radius 1 is 0.977 bits per heavy atom. The Labute approximate surface area is 259 Å². The van der Waals surface area contributed by atoms with Gasteiger partial charge in [0.05, 0.1) is 21.2 Å². The number of alkyl halides is 3. The molecule has 3 aromatic heterocycles. The fourth-order valence-electron chi connectivity index (χ4n) is 6.57. The summed E-state index contributed by atoms with van der Waals surface area (Å²) in [4.78, 5) is 20.0. The topological polar surface area (TPSA) is 115 Å². The Morgan fingerprint density at radius 3 is 2.27 bits per heavy atom. The van der Waals surface area contributed by atoms with Crippen LogP contribution in [0.15, 0.2) is 45.7 Å². The normalized spacial score (nSPS) is 23.5. The van der Waals surface area contributed by atoms with Crippen LogP contribution in [0.5, 0.6) is 0 Å². The van der Waals surface area contributed by atoms with Gasteiger partial charge in [0, 0.05) is 40.4 Å². The molecule has 4 aromatic rings. The van der Waals surface area contributed by atoms with Crippen LogP contribution < -0.4 is 0 Å². The van der Waals surface area contributed by atoms with Crippen molar-refractivity contribution in [2.75, 3.05) is 0 Å². The van der Waals surface area contributed by atoms with Gasteiger partial charge in [-0.15, -0.1) is 0 Å². The maximum absolute atomic E-state index is 13.5. The van der Waals surface area contributed by atoms with E-state index in [1.165, 1.54) is 12.4 Å². The fourth-order valence-corrected chi connectivity index (χ4v) is 7.12. The van der Waals surface area contributed by atoms with Gasteiger partial charge in [-0.25, -0.2) is 4.79 Å². The minimum absolute atomic E-state index is 0.0575. The third kappa shape index (κ3) is 5.09. The number of carboxylic acid groups (broad SMARTS) is 1. The van der Waals surface area contributed by atoms with Crippen LogP contribution in [0.3, 0.4) is 0 Å². The molecule has 4 aliphatic carbocycles. The predicted octanol–water partition coefficient (Wildman–Crippen LogP) is 8.99. The van der Waals surface area contributed by atoms with Gasteiger partial charge in [-0.1, -0.05) is 45.7 Å². The van der Waals surface area contributed by atoms with Crippen LogP contribution in [-0.2, 0) is 11.6 Å². The largest absolute Gasteiger partial charge is 0.478 e. The van der Waals surface area contributed by atoms with E-state index < -0.39 is 28.7 Å². The van der Waals surface area contributed by atoms with Crippen molar-refractivity contribution in [3.05, 3.63) is 75.1 Å². The first-order valence-electron chi connectivity index (χ1n) is 14.3. The van der Waals surface area contributed by atoms with Gasteiger partial charge in [-0.05, 0) is 75.0 Å². The first kappa shape index (κ1) is 29.0. The fraction of sp³-hybridized carbons (Fsp3) is 0.387. The van der Waals surface area contributed by atoms with Crippen LogP contribution in [-0.4, -0.2) is 31.4 Å². The summed E-state index contributed by atoms with van der Waals surface area (Å²) in [7, 11) is 0. The molecule has 8 nitrogen and oxygen atoms in total. The van der Waals surface area contributed by atoms with E-state index in [-0.39, 0.29) is 16.8 Å². The van der Waals surface area contributed by atoms with Crippen LogP contribution >= 0.6 is 23.2 Å². The van der Waals surface area contributed by atoms with Gasteiger partial charge in [0.25, 0.3) is 0 Å². The lowest BCUT2D eigenvalue weighted by Crippen LogP contribution is -2.43. The van der Waals surface area contributed by atoms with Crippen molar-refractivity contribution in [3.8, 4) is 22.6 Å². The van der Waals surface area contributed by atoms with Gasteiger partial charge in [-0.2, -0.15) is 18.2 Å². The molecule has 8 rings (SSSR count). The number of fused-ring (bicyclic) bond motifs is 3. The number of nitrogens with zero attached hydrogens (tertiary/aromatic N) is 4. The third-order valence-corrected chi connectivity index (χ3v) is 9.92. The molecule has 2 bridgehead atoms. The third-order valence-electron chi connectivity index (χ3n) is 9.35. The van der Waals surface area contributed by atoms with Gasteiger partial charge >= 0.3 is 12.1 Å². The van der Waals surface area contributed by atoms with E-state index in [1.807, 2.05) is 0 Å². The molecule has 0 radical (unpaired) electrons. The zero-order chi connectivity index (χ0) is 30.9. The van der Waals surface area contributed by atoms with E-state index in [9.17, 15) is 23.1 Å². The Morgan fingerprint density at radius 2 is 1.66 bits per heavy atom. The molecule has 44 heavy (non-hydrogen) atoms. The van der Waals surface area contributed by atoms with E-state index in [4.69, 9.17) is 32.2 Å². The Hall–Kier alpha value is -3.70. The smallest absolute Gasteiger partial charge is 0.416 e. The van der Waals surface area contributed by atoms with E-state index in [0.29, 0.717) is 39.2 Å². The highest BCUT2D eigenvalue weighted by molar-refractivity contribution is 6.39. The first-order valence-corrected chi connectivity index (χ1v) is 15.0. The van der Waals surface area contributed by atoms with Crippen molar-refractivity contribution in [2.45, 2.75) is 68.9 Å². The molecule has 1 N–H and O–H groups in total. The summed E-state index contributed by atoms with van der Waals surface area (Å²) in [5.41, 5.74) is -0.0388. The molecule has 4 aliphatic rings. The Kier molecular flexibility index (Phi) is 6.89. The van der Waals surface area contributed by atoms with Crippen molar-refractivity contribution in [2.24, 2.45) is 5.41 Å². The van der Waals surface area contributed by atoms with E-state index in [0.717, 1.165) is 74.8 Å². The molecule has 4 fully saturated rings. The SMILES string of the molecule is O=C(O)c1cc(-c2noc(C34CCC(C=Cc5c(-c6c(Cl)cncc6Cl)noc5C5CC5)(CC3)CC4)n2)cc(C(F)(F)F)c1. The molecule has 0 spiro atoms. The standard InChI is InChI=1S/C31H25Cl2F3N4O4/c32-21-14-37-15-22(33)23(21)24-20(25(43-39-24)16-1-2-16)3-4-29-5-8-30(9-6-29,10-7-29)28-38-26(40-44-28)17-11-18(27(41)42)13-19(12-17)31(34,35)36/h3-4,11-16H,1-2,5-10H2,(H,41,42). The number of carboxylic acids is 1. The Balaban J connectivity index is 1.14. The molecule has 3 heterocycles. The molecular formula is C31H25Cl2F3N4O4. The van der Waals surface area contributed by atoms with E-state index >= 15 is 0 Å². The molecule has 0 saturated heterocycles. The molecule has 0 amide bonds. The van der Waals surface area contributed by atoms with Gasteiger partial charge in [0.2, 0.25) is 11.7 Å². The van der Waals surface area contributed by atoms with Crippen molar-refractivity contribution >= 4 is 35.2 Å². The summed E-state index contributed by atoms with van der Waals surface area (Å²) < 4.78 is 51.8. The number of carbonyl (C=O) groups is 1. The quantitative estimate of drug-likeness (QED) is 0.212. The molecule has 4 saturated carbocycles. The zero-order valence-electron chi connectivity index (χ0n) is 23.1. The summed E-state index contributed by atoms with van der Waals surface area (Å²) in [5.74, 6) is -0.0206. The van der Waals surface area contributed by atoms with E-state index in [1.54, 1.807) is 0 Å². The molecule has 0 unspecified atom stereocenters. The minimum Gasteiger partial charge on any atom is -0.478 e. The summed E-state index contributed by atoms with van der Waals surface area (Å²) in [5, 5.41) is 18.5. The molecular weight excluding hydrogens is 620 g/mol. The van der Waals surface area contributed by atoms with Gasteiger partial charge in [0.1, 0.15) is 11.5 Å². The maximum Gasteiger partial charge on any atom is 0.416 e. The molecule has 0 aliphatic heterocycles. The second-order valence-electron chi connectivity index (χ2n) is 12.1. The monoisotopic (exact) mass is 644 g/mol. The highest BCUT2D eigenvalue weighted by Gasteiger charge is 2.51. The van der Waals surface area contributed by atoms with Gasteiger partial charge < -0.3 is 14.2 Å². The van der Waals surface area contributed by atoms with Crippen molar-refractivity contribution in [1.82, 2.24) is 20.3 Å². The summed E-state index contributed by atoms with van der Waals surface area (Å²) in [6.45, 7) is 0. The predicted molar refractivity (Wildman–Crippen MR) is 154 cm³/mol. The second-order valence-corrected chi connectivity index (χ2v) is 12.9. The van der Waals surface area contributed by atoms with Crippen LogP contribution in [0.25, 0.3) is 28.7 Å². The van der Waals surface area contributed by atoms with Gasteiger partial charge in [-0.3, -0.25) is 4.98 Å². The lowest BCUT2D eigenvalue weighted by Gasteiger charge is -2.50. The zero-order valence-corrected chi connectivity index (χ0v) is 24.6. The molecule has 0 atom stereocenters. The Bertz CT molecular complexity index is 1770. The first-order chi connectivity index (χ1) is 21.0. The number of pyridine rings is 1. The number of hydrogen-bond acceptors (Lipinski definition) is 7. The number of aromatic nitrogens is 4. The summed E-state index contributed by atoms with van der Waals surface area (Å²) >= 11 is 12.9. The molecule has 13 heteroatoms. The lowest BCUT2D eigenvalue weighted by molar-refractivity contribution is -0.137. The van der Waals surface area contributed by atoms with Crippen LogP contribution in [0.4, 0.5) is 13.2 Å². The van der Waals surface area contributed by atoms with Gasteiger partial charge in [0.15, 0.2) is 0 Å². The number of allylic oxidation sites excluding steroid dienone is 1. The molecule has 1 aromatic carbocycles. The average molecular weight is 645 g/mol. The number of benzene rings is 1. The highest BCUT2D eigenvalue weighted by atomic mass is 35.5. The highest BCUT2D eigenvalue weighted by Crippen LogP contribution is 2.58. The number of hydrogen-bond donors (Lipinski definition) is 1. The second kappa shape index (κ2) is 10.4. The van der Waals surface area contributed by atoms with Crippen LogP contribution in [0, 0.1) is 5.41 Å². The maximum atomic E-state index is 13.5. The molecule has 228 valence electrons. The van der Waals surface area contributed by atoms with Crippen molar-refractivity contribution in [3.63, 3.8) is 0 Å². The number of halogens is 5. The average Bonchev–Trinajstić information content (AvgIpc) is 3.56. The van der Waals surface area contributed by atoms with Crippen LogP contribution in [0.2, 0.25) is 10.0 Å². The summed E-state index contributed by atoms with van der Waals surface area (Å²) in [6, 6.07) is 2.57. The van der Waals surface area contributed by atoms with Crippen LogP contribution in [0.1, 0.15) is 90.4 Å². The lowest BCUT2D eigenvalue weighted by atomic mass is 9.53. The summed E-state index contributed by atoms with van der Waals surface area (Å²) in [6.07, 6.45) is 9.57. The number of aromatic carboxylic acids is 1. The number of rotatable bonds is 7. The van der Waals surface area contributed by atoms with Crippen molar-refractivity contribution in [1.29, 1.82) is 0 Å². The van der Waals surface area contributed by atoms with Crippen molar-refractivity contribution < 1.29 is 32.1 Å².